The highest BCUT2D eigenvalue weighted by Gasteiger charge is 2.01. The van der Waals surface area contributed by atoms with Gasteiger partial charge < -0.3 is 4.74 Å². The fourth-order valence-electron chi connectivity index (χ4n) is 1.32. The minimum Gasteiger partial charge on any atom is -0.377 e. The van der Waals surface area contributed by atoms with Crippen LogP contribution in [-0.4, -0.2) is 17.8 Å². The van der Waals surface area contributed by atoms with Crippen molar-refractivity contribution < 1.29 is 9.30 Å². The molecule has 1 aromatic rings. The minimum atomic E-state index is 0.553. The Morgan fingerprint density at radius 2 is 2.36 bits per heavy atom. The van der Waals surface area contributed by atoms with E-state index in [1.54, 1.807) is 0 Å². The van der Waals surface area contributed by atoms with Gasteiger partial charge in [0.2, 0.25) is 6.33 Å². The molecule has 0 saturated heterocycles. The van der Waals surface area contributed by atoms with Gasteiger partial charge in [-0.25, -0.2) is 9.13 Å². The molecule has 1 aromatic heterocycles. The van der Waals surface area contributed by atoms with Gasteiger partial charge >= 0.3 is 0 Å². The molecule has 1 heterocycles. The highest BCUT2D eigenvalue weighted by Crippen LogP contribution is 1.92. The lowest BCUT2D eigenvalue weighted by Crippen LogP contribution is -2.33. The van der Waals surface area contributed by atoms with Gasteiger partial charge in [-0.15, -0.1) is 0 Å². The van der Waals surface area contributed by atoms with Crippen LogP contribution in [0.15, 0.2) is 18.7 Å². The molecule has 0 fully saturated rings. The standard InChI is InChI=1S/C11H20N2O/c1-3-5-6-12-7-8-13(11-12)9-10-14-4-2/h7-8,11H,2-6,9-10H2,1H3/q+1. The first kappa shape index (κ1) is 11.2. The van der Waals surface area contributed by atoms with Crippen molar-refractivity contribution in [2.24, 2.45) is 0 Å². The summed E-state index contributed by atoms with van der Waals surface area (Å²) in [5, 5.41) is 0. The van der Waals surface area contributed by atoms with Gasteiger partial charge in [-0.2, -0.15) is 0 Å². The van der Waals surface area contributed by atoms with Crippen LogP contribution in [0.5, 0.6) is 0 Å². The maximum atomic E-state index is 5.19. The molecule has 3 nitrogen and oxygen atoms in total. The summed E-state index contributed by atoms with van der Waals surface area (Å²) >= 11 is 0. The van der Waals surface area contributed by atoms with E-state index in [0.29, 0.717) is 6.61 Å². The molecule has 0 N–H and O–H groups in total. The normalized spacial score (nSPS) is 10.7. The lowest BCUT2D eigenvalue weighted by atomic mass is 10.3. The van der Waals surface area contributed by atoms with Crippen LogP contribution in [0.2, 0.25) is 0 Å². The van der Waals surface area contributed by atoms with Crippen LogP contribution in [0.3, 0.4) is 0 Å². The summed E-state index contributed by atoms with van der Waals surface area (Å²) in [6, 6.07) is 0. The van der Waals surface area contributed by atoms with Crippen molar-refractivity contribution in [3.8, 4) is 0 Å². The number of ether oxygens (including phenoxy) is 1. The second kappa shape index (κ2) is 6.60. The summed E-state index contributed by atoms with van der Waals surface area (Å²) < 4.78 is 9.55. The van der Waals surface area contributed by atoms with Crippen molar-refractivity contribution in [3.05, 3.63) is 25.6 Å². The number of imidazole rings is 1. The summed E-state index contributed by atoms with van der Waals surface area (Å²) in [6.07, 6.45) is 8.80. The summed E-state index contributed by atoms with van der Waals surface area (Å²) in [6.45, 7) is 9.15. The number of hydrogen-bond donors (Lipinski definition) is 0. The summed E-state index contributed by atoms with van der Waals surface area (Å²) in [5.41, 5.74) is 0. The zero-order chi connectivity index (χ0) is 10.2. The number of hydrogen-bond acceptors (Lipinski definition) is 1. The van der Waals surface area contributed by atoms with Gasteiger partial charge in [0.25, 0.3) is 0 Å². The molecule has 0 unspecified atom stereocenters. The lowest BCUT2D eigenvalue weighted by molar-refractivity contribution is -0.698. The Morgan fingerprint density at radius 1 is 1.50 bits per heavy atom. The Balaban J connectivity index is 2.27. The largest absolute Gasteiger partial charge is 0.377 e. The molecule has 0 atom stereocenters. The van der Waals surface area contributed by atoms with Crippen molar-refractivity contribution in [1.82, 2.24) is 4.57 Å². The summed E-state index contributed by atoms with van der Waals surface area (Å²) in [7, 11) is 0. The predicted molar refractivity (Wildman–Crippen MR) is 55.7 cm³/mol. The molecule has 0 bridgehead atoms. The third-order valence-electron chi connectivity index (χ3n) is 2.15. The van der Waals surface area contributed by atoms with Gasteiger partial charge in [0.15, 0.2) is 0 Å². The Labute approximate surface area is 86.3 Å². The molecule has 1 rings (SSSR count). The molecule has 0 amide bonds. The molecule has 79 valence electrons. The highest BCUT2D eigenvalue weighted by atomic mass is 16.5. The molecule has 0 saturated carbocycles. The number of aromatic nitrogens is 2. The molecule has 14 heavy (non-hydrogen) atoms. The monoisotopic (exact) mass is 196 g/mol. The van der Waals surface area contributed by atoms with Crippen LogP contribution < -0.4 is 4.57 Å². The fraction of sp³-hybridized carbons (Fsp3) is 0.636. The maximum Gasteiger partial charge on any atom is 0.243 e. The van der Waals surface area contributed by atoms with Gasteiger partial charge in [0.05, 0.1) is 13.2 Å². The van der Waals surface area contributed by atoms with E-state index < -0.39 is 0 Å². The van der Waals surface area contributed by atoms with E-state index in [2.05, 4.69) is 41.7 Å². The number of unbranched alkanes of at least 4 members (excludes halogenated alkanes) is 1. The van der Waals surface area contributed by atoms with E-state index in [9.17, 15) is 0 Å². The molecule has 0 aliphatic rings. The zero-order valence-electron chi connectivity index (χ0n) is 8.98. The van der Waals surface area contributed by atoms with Crippen LogP contribution in [0.25, 0.3) is 0 Å². The molecule has 0 spiro atoms. The van der Waals surface area contributed by atoms with Crippen molar-refractivity contribution in [2.45, 2.75) is 32.9 Å². The quantitative estimate of drug-likeness (QED) is 0.476. The van der Waals surface area contributed by atoms with Gasteiger partial charge in [-0.1, -0.05) is 13.3 Å². The van der Waals surface area contributed by atoms with E-state index >= 15 is 0 Å². The van der Waals surface area contributed by atoms with Crippen LogP contribution >= 0.6 is 0 Å². The maximum absolute atomic E-state index is 5.19. The van der Waals surface area contributed by atoms with Gasteiger partial charge in [-0.3, -0.25) is 0 Å². The third kappa shape index (κ3) is 3.92. The second-order valence-corrected chi connectivity index (χ2v) is 3.36. The average Bonchev–Trinajstić information content (AvgIpc) is 2.63. The number of rotatable bonds is 7. The topological polar surface area (TPSA) is 18.0 Å². The smallest absolute Gasteiger partial charge is 0.243 e. The summed E-state index contributed by atoms with van der Waals surface area (Å²) in [5.74, 6) is 0. The molecular formula is C11H20N2O+. The van der Waals surface area contributed by atoms with E-state index in [1.165, 1.54) is 12.8 Å². The van der Waals surface area contributed by atoms with Crippen LogP contribution in [0.4, 0.5) is 0 Å². The van der Waals surface area contributed by atoms with Gasteiger partial charge in [-0.05, 0) is 13.3 Å². The number of aryl methyl sites for hydroxylation is 1. The van der Waals surface area contributed by atoms with Crippen LogP contribution in [0.1, 0.15) is 19.8 Å². The van der Waals surface area contributed by atoms with Crippen molar-refractivity contribution in [1.29, 1.82) is 0 Å². The van der Waals surface area contributed by atoms with E-state index in [0.717, 1.165) is 19.7 Å². The van der Waals surface area contributed by atoms with Crippen molar-refractivity contribution in [2.75, 3.05) is 13.2 Å². The molecule has 0 aliphatic heterocycles. The Hall–Kier alpha value is -0.830. The first-order valence-electron chi connectivity index (χ1n) is 5.28. The second-order valence-electron chi connectivity index (χ2n) is 3.36. The van der Waals surface area contributed by atoms with E-state index in [4.69, 9.17) is 4.74 Å². The summed E-state index contributed by atoms with van der Waals surface area (Å²) in [4.78, 5) is 0. The lowest BCUT2D eigenvalue weighted by Gasteiger charge is -1.97. The Kier molecular flexibility index (Phi) is 5.30. The SMILES string of the molecule is [CH2]COCC[n+]1ccn(CCCC)c1. The molecule has 3 heteroatoms. The number of nitrogens with zero attached hydrogens (tertiary/aromatic N) is 2. The fourth-order valence-corrected chi connectivity index (χ4v) is 1.32. The average molecular weight is 196 g/mol. The Morgan fingerprint density at radius 3 is 3.07 bits per heavy atom. The first-order chi connectivity index (χ1) is 6.86. The highest BCUT2D eigenvalue weighted by molar-refractivity contribution is 4.65. The molecular weight excluding hydrogens is 176 g/mol. The zero-order valence-corrected chi connectivity index (χ0v) is 8.98. The molecule has 0 aliphatic carbocycles. The first-order valence-corrected chi connectivity index (χ1v) is 5.28. The van der Waals surface area contributed by atoms with Crippen LogP contribution in [0, 0.1) is 6.92 Å². The van der Waals surface area contributed by atoms with Gasteiger partial charge in [0.1, 0.15) is 18.9 Å². The molecule has 1 radical (unpaired) electrons. The Bertz CT molecular complexity index is 245. The third-order valence-corrected chi connectivity index (χ3v) is 2.15. The van der Waals surface area contributed by atoms with E-state index in [1.807, 2.05) is 0 Å². The van der Waals surface area contributed by atoms with Gasteiger partial charge in [0, 0.05) is 6.61 Å². The molecule has 0 aromatic carbocycles. The van der Waals surface area contributed by atoms with E-state index in [-0.39, 0.29) is 0 Å². The predicted octanol–water partition coefficient (Wildman–Crippen LogP) is 1.43. The minimum absolute atomic E-state index is 0.553. The van der Waals surface area contributed by atoms with Crippen molar-refractivity contribution >= 4 is 0 Å². The van der Waals surface area contributed by atoms with Crippen LogP contribution in [-0.2, 0) is 17.8 Å². The van der Waals surface area contributed by atoms with Crippen molar-refractivity contribution in [3.63, 3.8) is 0 Å².